The van der Waals surface area contributed by atoms with Crippen LogP contribution in [0.1, 0.15) is 37.2 Å². The summed E-state index contributed by atoms with van der Waals surface area (Å²) < 4.78 is 0.969. The molecule has 0 spiro atoms. The fourth-order valence-electron chi connectivity index (χ4n) is 3.12. The number of rotatable bonds is 4. The number of carboxylic acids is 1. The zero-order chi connectivity index (χ0) is 13.2. The lowest BCUT2D eigenvalue weighted by molar-refractivity contribution is -0.150. The molecule has 1 aliphatic carbocycles. The Bertz CT molecular complexity index is 441. The summed E-state index contributed by atoms with van der Waals surface area (Å²) in [4.78, 5) is 11.7. The Kier molecular flexibility index (Phi) is 4.07. The van der Waals surface area contributed by atoms with Crippen LogP contribution in [-0.2, 0) is 4.79 Å². The molecule has 2 rings (SSSR count). The van der Waals surface area contributed by atoms with E-state index < -0.39 is 11.4 Å². The zero-order valence-corrected chi connectivity index (χ0v) is 11.8. The first kappa shape index (κ1) is 13.6. The molecular formula is C14H18BrNO2. The molecule has 0 aromatic heterocycles. The Morgan fingerprint density at radius 3 is 2.61 bits per heavy atom. The summed E-state index contributed by atoms with van der Waals surface area (Å²) in [6, 6.07) is 7.84. The first-order valence-corrected chi connectivity index (χ1v) is 7.08. The number of benzene rings is 1. The predicted molar refractivity (Wildman–Crippen MR) is 74.5 cm³/mol. The molecule has 4 heteroatoms. The third-order valence-electron chi connectivity index (χ3n) is 4.08. The maximum atomic E-state index is 11.7. The van der Waals surface area contributed by atoms with E-state index in [0.29, 0.717) is 6.54 Å². The van der Waals surface area contributed by atoms with Crippen molar-refractivity contribution in [2.45, 2.75) is 31.6 Å². The standard InChI is InChI=1S/C14H18BrNO2/c15-11-5-3-4-10(8-11)12(9-16)14(13(17)18)6-1-2-7-14/h3-5,8,12H,1-2,6-7,9,16H2,(H,17,18). The van der Waals surface area contributed by atoms with Crippen molar-refractivity contribution in [2.24, 2.45) is 11.1 Å². The first-order valence-electron chi connectivity index (χ1n) is 6.29. The Balaban J connectivity index is 2.40. The molecule has 0 saturated heterocycles. The third-order valence-corrected chi connectivity index (χ3v) is 4.57. The number of nitrogens with two attached hydrogens (primary N) is 1. The zero-order valence-electron chi connectivity index (χ0n) is 10.2. The third kappa shape index (κ3) is 2.31. The van der Waals surface area contributed by atoms with Crippen molar-refractivity contribution in [1.82, 2.24) is 0 Å². The minimum atomic E-state index is -0.699. The van der Waals surface area contributed by atoms with Gasteiger partial charge < -0.3 is 10.8 Å². The summed E-state index contributed by atoms with van der Waals surface area (Å²) in [5.74, 6) is -0.801. The highest BCUT2D eigenvalue weighted by Crippen LogP contribution is 2.48. The molecule has 1 aromatic rings. The van der Waals surface area contributed by atoms with Crippen LogP contribution in [0.5, 0.6) is 0 Å². The summed E-state index contributed by atoms with van der Waals surface area (Å²) in [5, 5.41) is 9.63. The molecule has 0 heterocycles. The van der Waals surface area contributed by atoms with Crippen molar-refractivity contribution in [2.75, 3.05) is 6.54 Å². The fraction of sp³-hybridized carbons (Fsp3) is 0.500. The van der Waals surface area contributed by atoms with Gasteiger partial charge in [-0.2, -0.15) is 0 Å². The Labute approximate surface area is 116 Å². The van der Waals surface area contributed by atoms with E-state index in [9.17, 15) is 9.90 Å². The second kappa shape index (κ2) is 5.41. The molecule has 0 amide bonds. The highest BCUT2D eigenvalue weighted by Gasteiger charge is 2.47. The van der Waals surface area contributed by atoms with Crippen molar-refractivity contribution in [1.29, 1.82) is 0 Å². The van der Waals surface area contributed by atoms with Gasteiger partial charge in [0.1, 0.15) is 0 Å². The van der Waals surface area contributed by atoms with E-state index in [4.69, 9.17) is 5.73 Å². The number of carboxylic acid groups (broad SMARTS) is 1. The molecule has 1 saturated carbocycles. The van der Waals surface area contributed by atoms with Crippen molar-refractivity contribution >= 4 is 21.9 Å². The van der Waals surface area contributed by atoms with E-state index in [-0.39, 0.29) is 5.92 Å². The van der Waals surface area contributed by atoms with Gasteiger partial charge in [0.15, 0.2) is 0 Å². The van der Waals surface area contributed by atoms with Gasteiger partial charge in [-0.1, -0.05) is 40.9 Å². The van der Waals surface area contributed by atoms with Crippen molar-refractivity contribution < 1.29 is 9.90 Å². The number of halogens is 1. The van der Waals surface area contributed by atoms with Crippen LogP contribution in [-0.4, -0.2) is 17.6 Å². The normalized spacial score (nSPS) is 19.7. The summed E-state index contributed by atoms with van der Waals surface area (Å²) in [7, 11) is 0. The van der Waals surface area contributed by atoms with E-state index in [0.717, 1.165) is 35.7 Å². The molecule has 1 aromatic carbocycles. The second-order valence-corrected chi connectivity index (χ2v) is 5.93. The van der Waals surface area contributed by atoms with Crippen LogP contribution in [0.2, 0.25) is 0 Å². The molecule has 1 fully saturated rings. The molecule has 18 heavy (non-hydrogen) atoms. The molecule has 1 aliphatic rings. The van der Waals surface area contributed by atoms with Gasteiger partial charge in [0.2, 0.25) is 0 Å². The van der Waals surface area contributed by atoms with Crippen LogP contribution in [0.25, 0.3) is 0 Å². The Morgan fingerprint density at radius 2 is 2.11 bits per heavy atom. The van der Waals surface area contributed by atoms with E-state index >= 15 is 0 Å². The Hall–Kier alpha value is -0.870. The molecule has 98 valence electrons. The fourth-order valence-corrected chi connectivity index (χ4v) is 3.54. The van der Waals surface area contributed by atoms with Crippen LogP contribution < -0.4 is 5.73 Å². The van der Waals surface area contributed by atoms with Crippen LogP contribution in [0.4, 0.5) is 0 Å². The highest BCUT2D eigenvalue weighted by molar-refractivity contribution is 9.10. The van der Waals surface area contributed by atoms with Gasteiger partial charge in [-0.25, -0.2) is 0 Å². The van der Waals surface area contributed by atoms with Gasteiger partial charge >= 0.3 is 5.97 Å². The summed E-state index contributed by atoms with van der Waals surface area (Å²) in [6.07, 6.45) is 3.43. The van der Waals surface area contributed by atoms with Crippen LogP contribution in [0.15, 0.2) is 28.7 Å². The molecule has 1 unspecified atom stereocenters. The van der Waals surface area contributed by atoms with Gasteiger partial charge in [-0.05, 0) is 30.5 Å². The van der Waals surface area contributed by atoms with E-state index in [1.54, 1.807) is 0 Å². The second-order valence-electron chi connectivity index (χ2n) is 5.01. The average molecular weight is 312 g/mol. The number of hydrogen-bond donors (Lipinski definition) is 2. The smallest absolute Gasteiger partial charge is 0.310 e. The number of carbonyl (C=O) groups is 1. The quantitative estimate of drug-likeness (QED) is 0.898. The first-order chi connectivity index (χ1) is 8.60. The predicted octanol–water partition coefficient (Wildman–Crippen LogP) is 3.14. The van der Waals surface area contributed by atoms with Gasteiger partial charge in [0.05, 0.1) is 5.41 Å². The summed E-state index contributed by atoms with van der Waals surface area (Å²) >= 11 is 3.43. The topological polar surface area (TPSA) is 63.3 Å². The summed E-state index contributed by atoms with van der Waals surface area (Å²) in [5.41, 5.74) is 6.23. The van der Waals surface area contributed by atoms with E-state index in [1.807, 2.05) is 24.3 Å². The highest BCUT2D eigenvalue weighted by atomic mass is 79.9. The van der Waals surface area contributed by atoms with Crippen LogP contribution in [0.3, 0.4) is 0 Å². The lowest BCUT2D eigenvalue weighted by atomic mass is 9.70. The molecule has 0 bridgehead atoms. The molecule has 1 atom stereocenters. The van der Waals surface area contributed by atoms with Gasteiger partial charge in [0.25, 0.3) is 0 Å². The Morgan fingerprint density at radius 1 is 1.44 bits per heavy atom. The van der Waals surface area contributed by atoms with Crippen molar-refractivity contribution in [3.05, 3.63) is 34.3 Å². The minimum absolute atomic E-state index is 0.102. The van der Waals surface area contributed by atoms with E-state index in [2.05, 4.69) is 15.9 Å². The van der Waals surface area contributed by atoms with Crippen molar-refractivity contribution in [3.63, 3.8) is 0 Å². The molecular weight excluding hydrogens is 294 g/mol. The molecule has 0 radical (unpaired) electrons. The van der Waals surface area contributed by atoms with Gasteiger partial charge in [-0.3, -0.25) is 4.79 Å². The van der Waals surface area contributed by atoms with E-state index in [1.165, 1.54) is 0 Å². The average Bonchev–Trinajstić information content (AvgIpc) is 2.81. The van der Waals surface area contributed by atoms with Crippen LogP contribution >= 0.6 is 15.9 Å². The molecule has 3 nitrogen and oxygen atoms in total. The number of hydrogen-bond acceptors (Lipinski definition) is 2. The van der Waals surface area contributed by atoms with Gasteiger partial charge in [0, 0.05) is 16.9 Å². The maximum Gasteiger partial charge on any atom is 0.310 e. The van der Waals surface area contributed by atoms with Crippen LogP contribution in [0, 0.1) is 5.41 Å². The largest absolute Gasteiger partial charge is 0.481 e. The lowest BCUT2D eigenvalue weighted by Gasteiger charge is -2.33. The lowest BCUT2D eigenvalue weighted by Crippen LogP contribution is -2.38. The van der Waals surface area contributed by atoms with Crippen molar-refractivity contribution in [3.8, 4) is 0 Å². The summed E-state index contributed by atoms with van der Waals surface area (Å²) in [6.45, 7) is 0.378. The maximum absolute atomic E-state index is 11.7. The SMILES string of the molecule is NCC(c1cccc(Br)c1)C1(C(=O)O)CCCC1. The minimum Gasteiger partial charge on any atom is -0.481 e. The van der Waals surface area contributed by atoms with Gasteiger partial charge in [-0.15, -0.1) is 0 Å². The monoisotopic (exact) mass is 311 g/mol. The molecule has 0 aliphatic heterocycles. The molecule has 3 N–H and O–H groups in total. The number of aliphatic carboxylic acids is 1.